The van der Waals surface area contributed by atoms with Gasteiger partial charge in [0.1, 0.15) is 11.7 Å². The van der Waals surface area contributed by atoms with Crippen molar-refractivity contribution in [3.8, 4) is 0 Å². The van der Waals surface area contributed by atoms with Gasteiger partial charge in [-0.3, -0.25) is 9.69 Å². The number of carbonyl (C=O) groups is 1. The SMILES string of the molecule is O=C(O)[C@H]1CCCCN1Cc1ccc2cc[nH]c2n1. The number of carboxylic acids is 1. The van der Waals surface area contributed by atoms with Crippen molar-refractivity contribution in [1.29, 1.82) is 0 Å². The molecule has 1 aliphatic rings. The van der Waals surface area contributed by atoms with Crippen molar-refractivity contribution in [2.45, 2.75) is 31.8 Å². The van der Waals surface area contributed by atoms with Crippen LogP contribution >= 0.6 is 0 Å². The largest absolute Gasteiger partial charge is 0.480 e. The highest BCUT2D eigenvalue weighted by Gasteiger charge is 2.28. The van der Waals surface area contributed by atoms with Crippen LogP contribution in [0.15, 0.2) is 24.4 Å². The van der Waals surface area contributed by atoms with E-state index in [0.29, 0.717) is 6.54 Å². The van der Waals surface area contributed by atoms with Crippen molar-refractivity contribution in [3.05, 3.63) is 30.1 Å². The third-order valence-corrected chi connectivity index (χ3v) is 3.73. The van der Waals surface area contributed by atoms with E-state index in [-0.39, 0.29) is 6.04 Å². The van der Waals surface area contributed by atoms with Crippen molar-refractivity contribution in [1.82, 2.24) is 14.9 Å². The third-order valence-electron chi connectivity index (χ3n) is 3.73. The molecule has 3 heterocycles. The quantitative estimate of drug-likeness (QED) is 0.884. The second-order valence-electron chi connectivity index (χ2n) is 5.04. The molecule has 0 aliphatic carbocycles. The number of nitrogens with zero attached hydrogens (tertiary/aromatic N) is 2. The van der Waals surface area contributed by atoms with Crippen LogP contribution in [0.25, 0.3) is 11.0 Å². The topological polar surface area (TPSA) is 69.2 Å². The predicted molar refractivity (Wildman–Crippen MR) is 71.8 cm³/mol. The lowest BCUT2D eigenvalue weighted by molar-refractivity contribution is -0.144. The summed E-state index contributed by atoms with van der Waals surface area (Å²) in [6.07, 6.45) is 4.66. The van der Waals surface area contributed by atoms with Gasteiger partial charge in [-0.15, -0.1) is 0 Å². The Hall–Kier alpha value is -1.88. The van der Waals surface area contributed by atoms with Crippen molar-refractivity contribution in [2.75, 3.05) is 6.54 Å². The summed E-state index contributed by atoms with van der Waals surface area (Å²) in [4.78, 5) is 20.9. The van der Waals surface area contributed by atoms with Crippen LogP contribution in [0.4, 0.5) is 0 Å². The van der Waals surface area contributed by atoms with E-state index < -0.39 is 5.97 Å². The maximum absolute atomic E-state index is 11.3. The number of hydrogen-bond donors (Lipinski definition) is 2. The molecule has 0 spiro atoms. The lowest BCUT2D eigenvalue weighted by atomic mass is 10.0. The molecule has 1 atom stereocenters. The lowest BCUT2D eigenvalue weighted by Gasteiger charge is -2.32. The van der Waals surface area contributed by atoms with Crippen LogP contribution in [0.5, 0.6) is 0 Å². The van der Waals surface area contributed by atoms with Gasteiger partial charge >= 0.3 is 5.97 Å². The maximum Gasteiger partial charge on any atom is 0.320 e. The number of nitrogens with one attached hydrogen (secondary N) is 1. The minimum absolute atomic E-state index is 0.366. The molecule has 5 heteroatoms. The Morgan fingerprint density at radius 1 is 1.42 bits per heavy atom. The molecule has 19 heavy (non-hydrogen) atoms. The Morgan fingerprint density at radius 3 is 3.16 bits per heavy atom. The standard InChI is InChI=1S/C14H17N3O2/c18-14(19)12-3-1-2-8-17(12)9-11-5-4-10-6-7-15-13(10)16-11/h4-7,12H,1-3,8-9H2,(H,15,16)(H,18,19)/t12-/m1/s1. The number of carboxylic acid groups (broad SMARTS) is 1. The van der Waals surface area contributed by atoms with Gasteiger partial charge in [0.25, 0.3) is 0 Å². The number of aromatic amines is 1. The molecule has 0 bridgehead atoms. The van der Waals surface area contributed by atoms with Gasteiger partial charge in [-0.05, 0) is 37.6 Å². The van der Waals surface area contributed by atoms with Crippen LogP contribution in [0.1, 0.15) is 25.0 Å². The van der Waals surface area contributed by atoms with E-state index in [1.165, 1.54) is 0 Å². The first-order valence-corrected chi connectivity index (χ1v) is 6.64. The van der Waals surface area contributed by atoms with Crippen LogP contribution in [0.2, 0.25) is 0 Å². The molecule has 3 rings (SSSR count). The first-order chi connectivity index (χ1) is 9.24. The summed E-state index contributed by atoms with van der Waals surface area (Å²) in [6, 6.07) is 5.61. The highest BCUT2D eigenvalue weighted by atomic mass is 16.4. The molecule has 2 N–H and O–H groups in total. The predicted octanol–water partition coefficient (Wildman–Crippen LogP) is 2.00. The molecular formula is C14H17N3O2. The number of pyridine rings is 1. The van der Waals surface area contributed by atoms with Crippen LogP contribution in [-0.2, 0) is 11.3 Å². The fourth-order valence-corrected chi connectivity index (χ4v) is 2.73. The minimum atomic E-state index is -0.722. The van der Waals surface area contributed by atoms with Crippen molar-refractivity contribution in [2.24, 2.45) is 0 Å². The number of piperidine rings is 1. The van der Waals surface area contributed by atoms with Gasteiger partial charge in [0.15, 0.2) is 0 Å². The lowest BCUT2D eigenvalue weighted by Crippen LogP contribution is -2.44. The number of aromatic nitrogens is 2. The fraction of sp³-hybridized carbons (Fsp3) is 0.429. The molecule has 0 aromatic carbocycles. The second-order valence-corrected chi connectivity index (χ2v) is 5.04. The molecule has 0 unspecified atom stereocenters. The molecule has 0 radical (unpaired) electrons. The summed E-state index contributed by atoms with van der Waals surface area (Å²) in [5.41, 5.74) is 1.78. The third kappa shape index (κ3) is 2.46. The zero-order valence-electron chi connectivity index (χ0n) is 10.7. The summed E-state index contributed by atoms with van der Waals surface area (Å²) in [7, 11) is 0. The molecule has 0 saturated carbocycles. The molecule has 1 fully saturated rings. The maximum atomic E-state index is 11.3. The highest BCUT2D eigenvalue weighted by molar-refractivity contribution is 5.75. The van der Waals surface area contributed by atoms with Crippen LogP contribution in [0.3, 0.4) is 0 Å². The first kappa shape index (κ1) is 12.2. The number of fused-ring (bicyclic) bond motifs is 1. The zero-order valence-corrected chi connectivity index (χ0v) is 10.7. The summed E-state index contributed by atoms with van der Waals surface area (Å²) in [6.45, 7) is 1.44. The van der Waals surface area contributed by atoms with Crippen LogP contribution < -0.4 is 0 Å². The van der Waals surface area contributed by atoms with Gasteiger partial charge in [0, 0.05) is 18.1 Å². The summed E-state index contributed by atoms with van der Waals surface area (Å²) in [5.74, 6) is -0.722. The van der Waals surface area contributed by atoms with Crippen molar-refractivity contribution >= 4 is 17.0 Å². The molecule has 0 amide bonds. The van der Waals surface area contributed by atoms with Gasteiger partial charge in [-0.1, -0.05) is 6.42 Å². The van der Waals surface area contributed by atoms with E-state index in [2.05, 4.69) is 9.97 Å². The molecule has 2 aromatic rings. The fourth-order valence-electron chi connectivity index (χ4n) is 2.73. The van der Waals surface area contributed by atoms with Gasteiger partial charge in [0.2, 0.25) is 0 Å². The van der Waals surface area contributed by atoms with Crippen LogP contribution in [0, 0.1) is 0 Å². The van der Waals surface area contributed by atoms with Crippen molar-refractivity contribution < 1.29 is 9.90 Å². The molecular weight excluding hydrogens is 242 g/mol. The monoisotopic (exact) mass is 259 g/mol. The number of H-pyrrole nitrogens is 1. The molecule has 1 aliphatic heterocycles. The van der Waals surface area contributed by atoms with Gasteiger partial charge < -0.3 is 10.1 Å². The molecule has 2 aromatic heterocycles. The van der Waals surface area contributed by atoms with Crippen molar-refractivity contribution in [3.63, 3.8) is 0 Å². The average molecular weight is 259 g/mol. The van der Waals surface area contributed by atoms with E-state index >= 15 is 0 Å². The van der Waals surface area contributed by atoms with Gasteiger partial charge in [0.05, 0.1) is 5.69 Å². The Morgan fingerprint density at radius 2 is 2.32 bits per heavy atom. The van der Waals surface area contributed by atoms with E-state index in [9.17, 15) is 9.90 Å². The first-order valence-electron chi connectivity index (χ1n) is 6.64. The van der Waals surface area contributed by atoms with Crippen LogP contribution in [-0.4, -0.2) is 38.5 Å². The molecule has 1 saturated heterocycles. The smallest absolute Gasteiger partial charge is 0.320 e. The highest BCUT2D eigenvalue weighted by Crippen LogP contribution is 2.20. The Labute approximate surface area is 111 Å². The summed E-state index contributed by atoms with van der Waals surface area (Å²) in [5, 5.41) is 10.3. The minimum Gasteiger partial charge on any atom is -0.480 e. The van der Waals surface area contributed by atoms with Gasteiger partial charge in [-0.25, -0.2) is 4.98 Å². The number of hydrogen-bond acceptors (Lipinski definition) is 3. The van der Waals surface area contributed by atoms with E-state index in [4.69, 9.17) is 0 Å². The Balaban J connectivity index is 1.80. The van der Waals surface area contributed by atoms with E-state index in [0.717, 1.165) is 42.5 Å². The average Bonchev–Trinajstić information content (AvgIpc) is 2.86. The van der Waals surface area contributed by atoms with Gasteiger partial charge in [-0.2, -0.15) is 0 Å². The number of aliphatic carboxylic acids is 1. The van der Waals surface area contributed by atoms with E-state index in [1.54, 1.807) is 0 Å². The second kappa shape index (κ2) is 5.01. The molecule has 100 valence electrons. The zero-order chi connectivity index (χ0) is 13.2. The number of likely N-dealkylation sites (tertiary alicyclic amines) is 1. The Bertz CT molecular complexity index is 593. The van der Waals surface area contributed by atoms with E-state index in [1.807, 2.05) is 29.3 Å². The summed E-state index contributed by atoms with van der Waals surface area (Å²) < 4.78 is 0. The number of rotatable bonds is 3. The molecule has 5 nitrogen and oxygen atoms in total. The summed E-state index contributed by atoms with van der Waals surface area (Å²) >= 11 is 0. The Kier molecular flexibility index (Phi) is 3.21. The normalized spacial score (nSPS) is 20.7.